The second-order valence-corrected chi connectivity index (χ2v) is 2.77. The number of hydrogen-bond acceptors (Lipinski definition) is 2. The number of rotatable bonds is 3. The van der Waals surface area contributed by atoms with Gasteiger partial charge in [-0.2, -0.15) is 0 Å². The second-order valence-electron chi connectivity index (χ2n) is 2.77. The van der Waals surface area contributed by atoms with Crippen LogP contribution in [0.1, 0.15) is 25.7 Å². The van der Waals surface area contributed by atoms with Gasteiger partial charge >= 0.3 is 0 Å². The molecule has 2 heteroatoms. The average molecular weight is 144 g/mol. The molecule has 0 aromatic carbocycles. The van der Waals surface area contributed by atoms with Gasteiger partial charge in [0.15, 0.2) is 0 Å². The van der Waals surface area contributed by atoms with Gasteiger partial charge in [-0.15, -0.1) is 0 Å². The van der Waals surface area contributed by atoms with Crippen LogP contribution in [0.4, 0.5) is 0 Å². The Labute approximate surface area is 62.5 Å². The summed E-state index contributed by atoms with van der Waals surface area (Å²) >= 11 is 0. The summed E-state index contributed by atoms with van der Waals surface area (Å²) in [5.74, 6) is 0. The highest BCUT2D eigenvalue weighted by molar-refractivity contribution is 4.62. The number of methoxy groups -OCH3 is 1. The van der Waals surface area contributed by atoms with Crippen LogP contribution in [-0.2, 0) is 9.47 Å². The van der Waals surface area contributed by atoms with Gasteiger partial charge in [0.1, 0.15) is 0 Å². The molecule has 0 saturated carbocycles. The van der Waals surface area contributed by atoms with E-state index in [4.69, 9.17) is 9.47 Å². The Balaban J connectivity index is 2.02. The van der Waals surface area contributed by atoms with E-state index in [1.165, 1.54) is 19.3 Å². The molecule has 2 nitrogen and oxygen atoms in total. The molecule has 0 aromatic heterocycles. The molecule has 0 amide bonds. The quantitative estimate of drug-likeness (QED) is 0.599. The lowest BCUT2D eigenvalue weighted by atomic mass is 10.1. The third kappa shape index (κ3) is 2.67. The zero-order valence-electron chi connectivity index (χ0n) is 6.64. The molecule has 0 bridgehead atoms. The highest BCUT2D eigenvalue weighted by atomic mass is 16.5. The molecule has 0 aliphatic carbocycles. The highest BCUT2D eigenvalue weighted by Gasteiger charge is 2.12. The van der Waals surface area contributed by atoms with Crippen LogP contribution in [0.2, 0.25) is 0 Å². The first-order valence-electron chi connectivity index (χ1n) is 4.04. The average Bonchev–Trinajstić information content (AvgIpc) is 2.03. The van der Waals surface area contributed by atoms with Crippen molar-refractivity contribution in [3.8, 4) is 0 Å². The van der Waals surface area contributed by atoms with E-state index in [2.05, 4.69) is 0 Å². The molecule has 0 aromatic rings. The smallest absolute Gasteiger partial charge is 0.0597 e. The lowest BCUT2D eigenvalue weighted by molar-refractivity contribution is -0.00223. The Morgan fingerprint density at radius 1 is 1.50 bits per heavy atom. The summed E-state index contributed by atoms with van der Waals surface area (Å²) in [5.41, 5.74) is 0. The molecular weight excluding hydrogens is 128 g/mol. The predicted molar refractivity (Wildman–Crippen MR) is 40.1 cm³/mol. The Morgan fingerprint density at radius 2 is 2.40 bits per heavy atom. The molecule has 1 aliphatic heterocycles. The summed E-state index contributed by atoms with van der Waals surface area (Å²) < 4.78 is 10.5. The molecule has 1 unspecified atom stereocenters. The molecule has 1 rings (SSSR count). The van der Waals surface area contributed by atoms with Gasteiger partial charge in [-0.05, 0) is 25.7 Å². The van der Waals surface area contributed by atoms with Gasteiger partial charge in [0.25, 0.3) is 0 Å². The third-order valence-corrected chi connectivity index (χ3v) is 1.92. The van der Waals surface area contributed by atoms with Crippen LogP contribution in [0.5, 0.6) is 0 Å². The van der Waals surface area contributed by atoms with E-state index in [1.54, 1.807) is 7.11 Å². The molecule has 1 fully saturated rings. The predicted octanol–water partition coefficient (Wildman–Crippen LogP) is 1.59. The lowest BCUT2D eigenvalue weighted by Gasteiger charge is -2.21. The van der Waals surface area contributed by atoms with Crippen molar-refractivity contribution in [1.82, 2.24) is 0 Å². The topological polar surface area (TPSA) is 18.5 Å². The maximum atomic E-state index is 5.50. The van der Waals surface area contributed by atoms with Crippen molar-refractivity contribution in [2.24, 2.45) is 0 Å². The summed E-state index contributed by atoms with van der Waals surface area (Å²) in [6.45, 7) is 1.79. The van der Waals surface area contributed by atoms with Crippen molar-refractivity contribution in [2.45, 2.75) is 31.8 Å². The van der Waals surface area contributed by atoms with Crippen molar-refractivity contribution in [3.63, 3.8) is 0 Å². The molecule has 1 atom stereocenters. The summed E-state index contributed by atoms with van der Waals surface area (Å²) in [6.07, 6.45) is 5.34. The third-order valence-electron chi connectivity index (χ3n) is 1.92. The number of ether oxygens (including phenoxy) is 2. The lowest BCUT2D eigenvalue weighted by Crippen LogP contribution is -2.20. The van der Waals surface area contributed by atoms with Gasteiger partial charge in [0, 0.05) is 20.3 Å². The Morgan fingerprint density at radius 3 is 3.00 bits per heavy atom. The van der Waals surface area contributed by atoms with Crippen LogP contribution in [0.15, 0.2) is 0 Å². The van der Waals surface area contributed by atoms with Crippen LogP contribution >= 0.6 is 0 Å². The minimum atomic E-state index is 0.480. The fraction of sp³-hybridized carbons (Fsp3) is 1.00. The van der Waals surface area contributed by atoms with Gasteiger partial charge in [-0.3, -0.25) is 0 Å². The molecule has 1 aliphatic rings. The van der Waals surface area contributed by atoms with E-state index in [-0.39, 0.29) is 0 Å². The van der Waals surface area contributed by atoms with E-state index in [0.717, 1.165) is 19.6 Å². The Bertz CT molecular complexity index is 77.3. The maximum absolute atomic E-state index is 5.50. The molecule has 0 spiro atoms. The van der Waals surface area contributed by atoms with Gasteiger partial charge in [0.05, 0.1) is 6.10 Å². The fourth-order valence-corrected chi connectivity index (χ4v) is 1.28. The van der Waals surface area contributed by atoms with Crippen LogP contribution in [0.3, 0.4) is 0 Å². The van der Waals surface area contributed by atoms with Crippen LogP contribution in [0, 0.1) is 0 Å². The van der Waals surface area contributed by atoms with Gasteiger partial charge < -0.3 is 9.47 Å². The molecule has 1 heterocycles. The SMILES string of the molecule is COCCC1CCCCO1. The van der Waals surface area contributed by atoms with Gasteiger partial charge in [0.2, 0.25) is 0 Å². The van der Waals surface area contributed by atoms with Crippen molar-refractivity contribution < 1.29 is 9.47 Å². The van der Waals surface area contributed by atoms with E-state index < -0.39 is 0 Å². The molecule has 60 valence electrons. The van der Waals surface area contributed by atoms with Crippen LogP contribution in [-0.4, -0.2) is 26.4 Å². The zero-order valence-corrected chi connectivity index (χ0v) is 6.64. The monoisotopic (exact) mass is 144 g/mol. The van der Waals surface area contributed by atoms with E-state index in [1.807, 2.05) is 0 Å². The minimum Gasteiger partial charge on any atom is -0.385 e. The first-order valence-corrected chi connectivity index (χ1v) is 4.04. The van der Waals surface area contributed by atoms with Crippen LogP contribution < -0.4 is 0 Å². The standard InChI is InChI=1S/C8H16O2/c1-9-7-5-8-4-2-3-6-10-8/h8H,2-7H2,1H3. The molecule has 0 radical (unpaired) electrons. The van der Waals surface area contributed by atoms with E-state index in [9.17, 15) is 0 Å². The van der Waals surface area contributed by atoms with Crippen molar-refractivity contribution >= 4 is 0 Å². The largest absolute Gasteiger partial charge is 0.385 e. The van der Waals surface area contributed by atoms with Gasteiger partial charge in [-0.1, -0.05) is 0 Å². The van der Waals surface area contributed by atoms with E-state index >= 15 is 0 Å². The van der Waals surface area contributed by atoms with E-state index in [0.29, 0.717) is 6.10 Å². The van der Waals surface area contributed by atoms with Crippen LogP contribution in [0.25, 0.3) is 0 Å². The molecule has 0 N–H and O–H groups in total. The maximum Gasteiger partial charge on any atom is 0.0597 e. The second kappa shape index (κ2) is 4.69. The molecular formula is C8H16O2. The summed E-state index contributed by atoms with van der Waals surface area (Å²) in [5, 5.41) is 0. The molecule has 10 heavy (non-hydrogen) atoms. The zero-order chi connectivity index (χ0) is 7.23. The summed E-state index contributed by atoms with van der Waals surface area (Å²) in [7, 11) is 1.74. The highest BCUT2D eigenvalue weighted by Crippen LogP contribution is 2.14. The molecule has 1 saturated heterocycles. The van der Waals surface area contributed by atoms with Gasteiger partial charge in [-0.25, -0.2) is 0 Å². The Kier molecular flexibility index (Phi) is 3.76. The van der Waals surface area contributed by atoms with Crippen molar-refractivity contribution in [2.75, 3.05) is 20.3 Å². The fourth-order valence-electron chi connectivity index (χ4n) is 1.28. The summed E-state index contributed by atoms with van der Waals surface area (Å²) in [4.78, 5) is 0. The minimum absolute atomic E-state index is 0.480. The first-order chi connectivity index (χ1) is 4.93. The summed E-state index contributed by atoms with van der Waals surface area (Å²) in [6, 6.07) is 0. The van der Waals surface area contributed by atoms with Crippen molar-refractivity contribution in [3.05, 3.63) is 0 Å². The normalized spacial score (nSPS) is 26.7. The first kappa shape index (κ1) is 8.02. The Hall–Kier alpha value is -0.0800. The number of hydrogen-bond donors (Lipinski definition) is 0. The van der Waals surface area contributed by atoms with Crippen molar-refractivity contribution in [1.29, 1.82) is 0 Å².